The molecule has 4 amide bonds. The average Bonchev–Trinajstić information content (AvgIpc) is 3.93. The molecule has 0 spiro atoms. The number of nitrogens with one attached hydrogen (secondary N) is 4. The second-order valence-electron chi connectivity index (χ2n) is 20.1. The number of carbonyl (C=O) groups is 5. The van der Waals surface area contributed by atoms with E-state index < -0.39 is 59.5 Å². The summed E-state index contributed by atoms with van der Waals surface area (Å²) < 4.78 is 21.1. The first-order valence-corrected chi connectivity index (χ1v) is 25.1. The lowest BCUT2D eigenvalue weighted by Gasteiger charge is -2.26. The number of hydrazone groups is 1. The van der Waals surface area contributed by atoms with Gasteiger partial charge in [-0.05, 0) is 97.2 Å². The quantitative estimate of drug-likeness (QED) is 0.0316. The molecule has 2 aliphatic carbocycles. The minimum atomic E-state index is -1.09. The van der Waals surface area contributed by atoms with E-state index in [1.165, 1.54) is 29.3 Å². The number of likely N-dealkylation sites (N-methyl/N-ethyl adjacent to an activating group) is 1. The molecule has 0 radical (unpaired) electrons. The first kappa shape index (κ1) is 57.4. The first-order chi connectivity index (χ1) is 36.7. The van der Waals surface area contributed by atoms with Crippen LogP contribution in [0.25, 0.3) is 22.3 Å². The Kier molecular flexibility index (Phi) is 19.8. The van der Waals surface area contributed by atoms with Gasteiger partial charge in [-0.15, -0.1) is 0 Å². The Morgan fingerprint density at radius 3 is 1.27 bits per heavy atom. The van der Waals surface area contributed by atoms with Crippen molar-refractivity contribution in [3.8, 4) is 22.3 Å². The smallest absolute Gasteiger partial charge is 0.426 e. The van der Waals surface area contributed by atoms with E-state index >= 15 is 0 Å². The normalized spacial score (nSPS) is 13.1. The fourth-order valence-corrected chi connectivity index (χ4v) is 8.77. The van der Waals surface area contributed by atoms with Crippen molar-refractivity contribution in [2.75, 3.05) is 27.3 Å². The first-order valence-electron chi connectivity index (χ1n) is 25.1. The van der Waals surface area contributed by atoms with Gasteiger partial charge in [0.05, 0.1) is 0 Å². The van der Waals surface area contributed by atoms with Crippen LogP contribution >= 0.6 is 0 Å². The molecule has 0 heterocycles. The van der Waals surface area contributed by atoms with Crippen molar-refractivity contribution in [3.63, 3.8) is 0 Å². The van der Waals surface area contributed by atoms with Crippen molar-refractivity contribution < 1.29 is 53.1 Å². The summed E-state index contributed by atoms with van der Waals surface area (Å²) in [5.41, 5.74) is 14.5. The zero-order valence-electron chi connectivity index (χ0n) is 44.6. The maximum Gasteiger partial charge on any atom is 0.426 e. The van der Waals surface area contributed by atoms with Gasteiger partial charge in [-0.25, -0.2) is 24.6 Å². The van der Waals surface area contributed by atoms with Gasteiger partial charge in [-0.2, -0.15) is 5.10 Å². The minimum Gasteiger partial charge on any atom is -0.598 e. The number of hydrogen-bond donors (Lipinski definition) is 5. The van der Waals surface area contributed by atoms with E-state index in [4.69, 9.17) is 24.1 Å². The predicted octanol–water partition coefficient (Wildman–Crippen LogP) is 8.91. The Hall–Kier alpha value is -8.86. The van der Waals surface area contributed by atoms with Crippen LogP contribution in [-0.4, -0.2) is 97.0 Å². The lowest BCUT2D eigenvalue weighted by atomic mass is 9.98. The Morgan fingerprint density at radius 2 is 0.896 bits per heavy atom. The number of rotatable bonds is 13. The van der Waals surface area contributed by atoms with Gasteiger partial charge in [0.25, 0.3) is 5.91 Å². The molecule has 5 N–H and O–H groups in total. The van der Waals surface area contributed by atoms with Crippen LogP contribution in [0.4, 0.5) is 14.4 Å². The standard InChI is InChI=1S/C30H33N3O5.C16H16N2O2.C14H19NO4/c1-30(2,3)38-28(35)31-26(18-20-12-6-5-7-13-20)27(34)33(4)32-29(36)37-19-25-23-16-10-8-14-21(23)22-15-9-11-17-24(22)25;1-17-18-16(19)20-10-15-13-8-4-2-6-11(13)12-7-3-5-9-14(12)15;1-14(2,3)19-13(18)15-11(12(16)17)9-10-7-5-4-6-8-10/h5-17,25-26H,18-19H2,1-4H3,(H,31,35)(H,32,36);2-9,15,17H,10H2,1H3,(H,18,19);4-8,11H,9H2,1-3H3,(H,15,18)(H,16,17)/p-1/t26-;;11-/m0.0/s1. The van der Waals surface area contributed by atoms with Crippen molar-refractivity contribution in [2.24, 2.45) is 5.10 Å². The number of benzene rings is 6. The van der Waals surface area contributed by atoms with E-state index in [-0.39, 0.29) is 31.3 Å². The number of hydrogen-bond acceptors (Lipinski definition) is 12. The van der Waals surface area contributed by atoms with Crippen LogP contribution in [0.3, 0.4) is 0 Å². The van der Waals surface area contributed by atoms with E-state index in [0.29, 0.717) is 6.61 Å². The van der Waals surface area contributed by atoms with Crippen LogP contribution in [0, 0.1) is 0 Å². The molecule has 0 saturated carbocycles. The molecule has 6 aromatic carbocycles. The summed E-state index contributed by atoms with van der Waals surface area (Å²) in [7, 11) is 2.99. The molecule has 0 aromatic heterocycles. The highest BCUT2D eigenvalue weighted by atomic mass is 16.6. The Labute approximate surface area is 449 Å². The molecule has 2 aliphatic rings. The number of alkyl carbamates (subject to hydrolysis) is 2. The number of fused-ring (bicyclic) bond motifs is 6. The SMILES string of the molecule is CC(C)(C)OC(=O)N[C@@H](Cc1ccccc1)C(=O)O.CN(NC(=O)OCC1c2ccccc2-c2ccccc21)C(=O)[C@H](Cc1ccccc1)NC(=O)OC(C)(C)C.CNN=C([O-])OCC1c2ccccc2-c2ccccc21. The molecule has 6 aromatic rings. The molecule has 404 valence electrons. The topological polar surface area (TPSA) is 229 Å². The number of carbonyl (C=O) groups excluding carboxylic acids is 4. The van der Waals surface area contributed by atoms with Crippen LogP contribution in [0.2, 0.25) is 0 Å². The summed E-state index contributed by atoms with van der Waals surface area (Å²) in [6.45, 7) is 10.8. The lowest BCUT2D eigenvalue weighted by molar-refractivity contribution is -0.251. The molecular formula is C60H67N6O11-. The number of hydrazine groups is 1. The maximum absolute atomic E-state index is 13.3. The van der Waals surface area contributed by atoms with Gasteiger partial charge in [-0.1, -0.05) is 158 Å². The minimum absolute atomic E-state index is 0.0819. The number of amides is 4. The number of carboxylic acid groups (broad SMARTS) is 1. The molecule has 0 aliphatic heterocycles. The number of carboxylic acids is 1. The molecule has 0 bridgehead atoms. The third-order valence-corrected chi connectivity index (χ3v) is 12.0. The van der Waals surface area contributed by atoms with Crippen LogP contribution in [-0.2, 0) is 41.4 Å². The van der Waals surface area contributed by atoms with Gasteiger partial charge in [0.15, 0.2) is 6.08 Å². The van der Waals surface area contributed by atoms with Gasteiger partial charge in [0, 0.05) is 45.4 Å². The number of ether oxygens (including phenoxy) is 4. The van der Waals surface area contributed by atoms with Gasteiger partial charge >= 0.3 is 24.2 Å². The zero-order valence-corrected chi connectivity index (χ0v) is 44.6. The van der Waals surface area contributed by atoms with Crippen molar-refractivity contribution in [1.29, 1.82) is 0 Å². The summed E-state index contributed by atoms with van der Waals surface area (Å²) >= 11 is 0. The van der Waals surface area contributed by atoms with Crippen LogP contribution in [0.1, 0.15) is 86.8 Å². The highest BCUT2D eigenvalue weighted by Gasteiger charge is 2.32. The molecule has 8 rings (SSSR count). The second kappa shape index (κ2) is 26.6. The summed E-state index contributed by atoms with van der Waals surface area (Å²) in [6.07, 6.45) is -2.37. The van der Waals surface area contributed by atoms with E-state index in [9.17, 15) is 29.1 Å². The summed E-state index contributed by atoms with van der Waals surface area (Å²) in [4.78, 5) is 61.1. The fraction of sp³-hybridized carbons (Fsp3) is 0.300. The van der Waals surface area contributed by atoms with E-state index in [2.05, 4.69) is 63.0 Å². The van der Waals surface area contributed by atoms with Crippen LogP contribution < -0.4 is 26.6 Å². The van der Waals surface area contributed by atoms with Gasteiger partial charge in [0.1, 0.15) is 29.9 Å². The molecule has 0 unspecified atom stereocenters. The highest BCUT2D eigenvalue weighted by molar-refractivity contribution is 5.87. The third kappa shape index (κ3) is 16.8. The molecule has 17 heteroatoms. The van der Waals surface area contributed by atoms with Crippen molar-refractivity contribution in [2.45, 2.75) is 89.5 Å². The molecule has 77 heavy (non-hydrogen) atoms. The fourth-order valence-electron chi connectivity index (χ4n) is 8.77. The lowest BCUT2D eigenvalue weighted by Crippen LogP contribution is -2.54. The van der Waals surface area contributed by atoms with Gasteiger partial charge in [-0.3, -0.25) is 9.80 Å². The zero-order chi connectivity index (χ0) is 55.7. The maximum atomic E-state index is 13.3. The summed E-state index contributed by atoms with van der Waals surface area (Å²) in [5.74, 6) is -1.63. The van der Waals surface area contributed by atoms with Gasteiger partial charge in [0.2, 0.25) is 0 Å². The average molecular weight is 1050 g/mol. The monoisotopic (exact) mass is 1050 g/mol. The van der Waals surface area contributed by atoms with Crippen molar-refractivity contribution in [3.05, 3.63) is 191 Å². The largest absolute Gasteiger partial charge is 0.598 e. The van der Waals surface area contributed by atoms with E-state index in [0.717, 1.165) is 38.4 Å². The predicted molar refractivity (Wildman–Crippen MR) is 291 cm³/mol. The van der Waals surface area contributed by atoms with E-state index in [1.54, 1.807) is 48.6 Å². The molecule has 17 nitrogen and oxygen atoms in total. The summed E-state index contributed by atoms with van der Waals surface area (Å²) in [5, 5.41) is 30.0. The molecular weight excluding hydrogens is 981 g/mol. The van der Waals surface area contributed by atoms with Crippen LogP contribution in [0.15, 0.2) is 163 Å². The second-order valence-corrected chi connectivity index (χ2v) is 20.1. The Bertz CT molecular complexity index is 2900. The third-order valence-electron chi connectivity index (χ3n) is 12.0. The molecule has 0 saturated heterocycles. The number of nitrogens with zero attached hydrogens (tertiary/aromatic N) is 2. The summed E-state index contributed by atoms with van der Waals surface area (Å²) in [6, 6.07) is 49.0. The van der Waals surface area contributed by atoms with Gasteiger partial charge < -0.3 is 45.2 Å². The van der Waals surface area contributed by atoms with Crippen molar-refractivity contribution >= 4 is 36.2 Å². The number of aliphatic carboxylic acids is 1. The molecule has 2 atom stereocenters. The van der Waals surface area contributed by atoms with E-state index in [1.807, 2.05) is 121 Å². The van der Waals surface area contributed by atoms with Crippen molar-refractivity contribution in [1.82, 2.24) is 26.5 Å². The van der Waals surface area contributed by atoms with Crippen LogP contribution in [0.5, 0.6) is 0 Å². The highest BCUT2D eigenvalue weighted by Crippen LogP contribution is 2.45. The Morgan fingerprint density at radius 1 is 0.545 bits per heavy atom. The Balaban J connectivity index is 0.000000207. The molecule has 0 fully saturated rings.